The van der Waals surface area contributed by atoms with Crippen molar-refractivity contribution in [2.45, 2.75) is 17.0 Å². The fourth-order valence-corrected chi connectivity index (χ4v) is 7.28. The van der Waals surface area contributed by atoms with Crippen molar-refractivity contribution in [2.75, 3.05) is 11.5 Å². The Morgan fingerprint density at radius 1 is 1.00 bits per heavy atom. The van der Waals surface area contributed by atoms with Gasteiger partial charge in [-0.2, -0.15) is 0 Å². The third kappa shape index (κ3) is 5.21. The first kappa shape index (κ1) is 29.4. The maximum absolute atomic E-state index is 13.8. The summed E-state index contributed by atoms with van der Waals surface area (Å²) in [5.41, 5.74) is 6.57. The van der Waals surface area contributed by atoms with E-state index in [9.17, 15) is 19.5 Å². The third-order valence-electron chi connectivity index (χ3n) is 7.21. The molecule has 2 amide bonds. The molecule has 3 heterocycles. The second-order valence-corrected chi connectivity index (χ2v) is 12.3. The van der Waals surface area contributed by atoms with Crippen LogP contribution in [0.4, 0.5) is 5.13 Å². The van der Waals surface area contributed by atoms with Crippen LogP contribution in [0.1, 0.15) is 22.4 Å². The van der Waals surface area contributed by atoms with Gasteiger partial charge in [-0.15, -0.1) is 23.1 Å². The Labute approximate surface area is 265 Å². The highest BCUT2D eigenvalue weighted by Gasteiger charge is 2.54. The molecular weight excluding hydrogens is 622 g/mol. The molecule has 10 nitrogen and oxygen atoms in total. The fraction of sp³-hybridized carbons (Fsp3) is 0.129. The van der Waals surface area contributed by atoms with E-state index in [0.29, 0.717) is 0 Å². The molecule has 44 heavy (non-hydrogen) atoms. The summed E-state index contributed by atoms with van der Waals surface area (Å²) in [6.07, 6.45) is 0. The highest BCUT2D eigenvalue weighted by molar-refractivity contribution is 8.00. The number of fused-ring (bicyclic) bond motifs is 1. The number of rotatable bonds is 9. The number of nitrogens with two attached hydrogens (primary N) is 1. The van der Waals surface area contributed by atoms with Crippen molar-refractivity contribution in [3.8, 4) is 0 Å². The molecule has 1 aromatic heterocycles. The molecule has 0 radical (unpaired) electrons. The van der Waals surface area contributed by atoms with Crippen LogP contribution in [0.3, 0.4) is 0 Å². The number of carbonyl (C=O) groups is 3. The minimum absolute atomic E-state index is 0.0598. The number of aliphatic carboxylic acids is 1. The number of thiazole rings is 1. The first-order valence-corrected chi connectivity index (χ1v) is 15.6. The fourth-order valence-electron chi connectivity index (χ4n) is 5.18. The standard InChI is InChI=1S/C31H24ClN5O5S2/c32-21-16-43-28-24(27(39)37(28)25(21)29(40)41)35-26(38)23(22-17-44-30(33)34-22)36-42-31(18-10-4-1-5-11-18,19-12-6-2-7-13-19)20-14-8-3-9-15-20/h1-15,17,24,28H,16H2,(H2,33,34)(H,35,38)(H,40,41)/b36-23-/t24-,28+/m1/s1. The number of hydrogen-bond donors (Lipinski definition) is 3. The number of amides is 2. The van der Waals surface area contributed by atoms with Crippen LogP contribution in [0, 0.1) is 0 Å². The lowest BCUT2D eigenvalue weighted by Gasteiger charge is -2.48. The topological polar surface area (TPSA) is 147 Å². The molecule has 0 bridgehead atoms. The highest BCUT2D eigenvalue weighted by Crippen LogP contribution is 2.42. The van der Waals surface area contributed by atoms with Gasteiger partial charge in [-0.05, 0) is 0 Å². The first-order valence-electron chi connectivity index (χ1n) is 13.3. The lowest BCUT2D eigenvalue weighted by atomic mass is 9.80. The number of β-lactam (4-membered cyclic amide) rings is 1. The van der Waals surface area contributed by atoms with Crippen LogP contribution in [-0.2, 0) is 24.8 Å². The Morgan fingerprint density at radius 2 is 1.55 bits per heavy atom. The van der Waals surface area contributed by atoms with Crippen LogP contribution in [0.25, 0.3) is 0 Å². The number of nitrogen functional groups attached to an aromatic ring is 1. The van der Waals surface area contributed by atoms with Gasteiger partial charge in [0.1, 0.15) is 22.8 Å². The van der Waals surface area contributed by atoms with Gasteiger partial charge < -0.3 is 21.0 Å². The Bertz CT molecular complexity index is 1690. The third-order valence-corrected chi connectivity index (χ3v) is 9.63. The SMILES string of the molecule is Nc1nc(/C(=N/OC(c2ccccc2)(c2ccccc2)c2ccccc2)C(=O)N[C@@H]2C(=O)N3C(C(=O)O)=C(Cl)CS[C@@H]23)cs1. The summed E-state index contributed by atoms with van der Waals surface area (Å²) in [6, 6.07) is 27.5. The quantitative estimate of drug-likeness (QED) is 0.105. The molecule has 2 aliphatic heterocycles. The number of carboxylic acids is 1. The van der Waals surface area contributed by atoms with Gasteiger partial charge in [-0.25, -0.2) is 9.78 Å². The summed E-state index contributed by atoms with van der Waals surface area (Å²) in [7, 11) is 0. The number of carbonyl (C=O) groups excluding carboxylic acids is 2. The van der Waals surface area contributed by atoms with Gasteiger partial charge in [0.25, 0.3) is 11.8 Å². The summed E-state index contributed by atoms with van der Waals surface area (Å²) < 4.78 is 0. The molecule has 1 fully saturated rings. The summed E-state index contributed by atoms with van der Waals surface area (Å²) in [4.78, 5) is 50.5. The predicted octanol–water partition coefficient (Wildman–Crippen LogP) is 4.37. The van der Waals surface area contributed by atoms with E-state index in [4.69, 9.17) is 22.2 Å². The number of oxime groups is 1. The molecular formula is C31H24ClN5O5S2. The minimum Gasteiger partial charge on any atom is -0.477 e. The van der Waals surface area contributed by atoms with Crippen LogP contribution in [0.5, 0.6) is 0 Å². The van der Waals surface area contributed by atoms with Gasteiger partial charge in [0.15, 0.2) is 10.8 Å². The van der Waals surface area contributed by atoms with Crippen LogP contribution in [0.15, 0.2) is 112 Å². The summed E-state index contributed by atoms with van der Waals surface area (Å²) >= 11 is 8.47. The van der Waals surface area contributed by atoms with Crippen molar-refractivity contribution in [2.24, 2.45) is 5.16 Å². The van der Waals surface area contributed by atoms with Crippen LogP contribution in [0.2, 0.25) is 0 Å². The normalized spacial score (nSPS) is 18.3. The van der Waals surface area contributed by atoms with E-state index in [1.54, 1.807) is 5.38 Å². The highest BCUT2D eigenvalue weighted by atomic mass is 35.5. The minimum atomic E-state index is -1.31. The Morgan fingerprint density at radius 3 is 2.02 bits per heavy atom. The second-order valence-electron chi connectivity index (χ2n) is 9.80. The second kappa shape index (κ2) is 12.2. The number of carboxylic acid groups (broad SMARTS) is 1. The molecule has 0 saturated carbocycles. The van der Waals surface area contributed by atoms with Crippen molar-refractivity contribution in [1.82, 2.24) is 15.2 Å². The zero-order valence-corrected chi connectivity index (χ0v) is 25.2. The van der Waals surface area contributed by atoms with Crippen LogP contribution < -0.4 is 11.1 Å². The van der Waals surface area contributed by atoms with Crippen molar-refractivity contribution < 1.29 is 24.3 Å². The van der Waals surface area contributed by atoms with E-state index in [2.05, 4.69) is 15.5 Å². The molecule has 4 aromatic rings. The van der Waals surface area contributed by atoms with E-state index in [-0.39, 0.29) is 33.0 Å². The van der Waals surface area contributed by atoms with Crippen molar-refractivity contribution >= 4 is 63.3 Å². The summed E-state index contributed by atoms with van der Waals surface area (Å²) in [5, 5.41) is 17.9. The van der Waals surface area contributed by atoms with Crippen LogP contribution in [-0.4, -0.2) is 55.7 Å². The van der Waals surface area contributed by atoms with Crippen molar-refractivity contribution in [1.29, 1.82) is 0 Å². The first-order chi connectivity index (χ1) is 21.3. The number of anilines is 1. The average Bonchev–Trinajstić information content (AvgIpc) is 3.48. The van der Waals surface area contributed by atoms with Crippen molar-refractivity contribution in [3.63, 3.8) is 0 Å². The van der Waals surface area contributed by atoms with E-state index < -0.39 is 34.8 Å². The molecule has 4 N–H and O–H groups in total. The van der Waals surface area contributed by atoms with E-state index >= 15 is 0 Å². The van der Waals surface area contributed by atoms with E-state index in [1.807, 2.05) is 91.0 Å². The Hall–Kier alpha value is -4.65. The molecule has 2 aliphatic rings. The maximum Gasteiger partial charge on any atom is 0.353 e. The van der Waals surface area contributed by atoms with Gasteiger partial charge in [0.05, 0.1) is 5.03 Å². The monoisotopic (exact) mass is 645 g/mol. The van der Waals surface area contributed by atoms with Gasteiger partial charge in [0, 0.05) is 27.8 Å². The zero-order valence-electron chi connectivity index (χ0n) is 22.8. The number of benzene rings is 3. The molecule has 0 unspecified atom stereocenters. The number of nitrogens with one attached hydrogen (secondary N) is 1. The molecule has 6 rings (SSSR count). The van der Waals surface area contributed by atoms with Gasteiger partial charge in [-0.1, -0.05) is 108 Å². The van der Waals surface area contributed by atoms with E-state index in [0.717, 1.165) is 32.9 Å². The molecule has 3 aromatic carbocycles. The summed E-state index contributed by atoms with van der Waals surface area (Å²) in [5.74, 6) is -2.47. The number of hydrogen-bond acceptors (Lipinski definition) is 9. The van der Waals surface area contributed by atoms with Gasteiger partial charge >= 0.3 is 5.97 Å². The molecule has 222 valence electrons. The average molecular weight is 646 g/mol. The zero-order chi connectivity index (χ0) is 30.8. The number of nitrogens with zero attached hydrogens (tertiary/aromatic N) is 3. The number of thioether (sulfide) groups is 1. The van der Waals surface area contributed by atoms with Crippen LogP contribution >= 0.6 is 34.7 Å². The molecule has 2 atom stereocenters. The van der Waals surface area contributed by atoms with Gasteiger partial charge in [0.2, 0.25) is 5.60 Å². The smallest absolute Gasteiger partial charge is 0.353 e. The number of halogens is 1. The number of aromatic nitrogens is 1. The molecule has 0 spiro atoms. The van der Waals surface area contributed by atoms with Gasteiger partial charge in [-0.3, -0.25) is 14.5 Å². The Kier molecular flexibility index (Phi) is 8.13. The molecule has 0 aliphatic carbocycles. The summed E-state index contributed by atoms with van der Waals surface area (Å²) in [6.45, 7) is 0. The molecule has 13 heteroatoms. The lowest BCUT2D eigenvalue weighted by molar-refractivity contribution is -0.150. The van der Waals surface area contributed by atoms with E-state index in [1.165, 1.54) is 11.8 Å². The van der Waals surface area contributed by atoms with Crippen molar-refractivity contribution in [3.05, 3.63) is 129 Å². The maximum atomic E-state index is 13.8. The Balaban J connectivity index is 1.41. The largest absolute Gasteiger partial charge is 0.477 e. The predicted molar refractivity (Wildman–Crippen MR) is 169 cm³/mol. The molecule has 1 saturated heterocycles. The lowest BCUT2D eigenvalue weighted by Crippen LogP contribution is -2.71.